The molecule has 0 spiro atoms. The van der Waals surface area contributed by atoms with Gasteiger partial charge in [0, 0.05) is 15.1 Å². The van der Waals surface area contributed by atoms with Crippen LogP contribution in [0.1, 0.15) is 0 Å². The summed E-state index contributed by atoms with van der Waals surface area (Å²) in [5, 5.41) is 14.6. The number of hydrogen-bond acceptors (Lipinski definition) is 5. The first kappa shape index (κ1) is 15.6. The van der Waals surface area contributed by atoms with Crippen LogP contribution < -0.4 is 4.74 Å². The Labute approximate surface area is 155 Å². The molecule has 0 radical (unpaired) electrons. The van der Waals surface area contributed by atoms with Gasteiger partial charge in [-0.2, -0.15) is 9.61 Å². The maximum absolute atomic E-state index is 6.12. The molecule has 5 nitrogen and oxygen atoms in total. The molecule has 0 bridgehead atoms. The number of halogens is 2. The predicted octanol–water partition coefficient (Wildman–Crippen LogP) is 4.94. The lowest BCUT2D eigenvalue weighted by atomic mass is 10.2. The van der Waals surface area contributed by atoms with Gasteiger partial charge in [0.2, 0.25) is 4.96 Å². The van der Waals surface area contributed by atoms with Gasteiger partial charge in [0.1, 0.15) is 10.8 Å². The zero-order valence-electron chi connectivity index (χ0n) is 12.4. The molecule has 0 saturated carbocycles. The van der Waals surface area contributed by atoms with Crippen LogP contribution in [-0.4, -0.2) is 26.9 Å². The van der Waals surface area contributed by atoms with E-state index in [-0.39, 0.29) is 0 Å². The standard InChI is InChI=1S/C16H10BrClN4OS/c1-23-13-7-6-11(18)8-12(13)14-19-20-16-22(14)21-15(24-16)9-2-4-10(17)5-3-9/h2-8H,1H3. The summed E-state index contributed by atoms with van der Waals surface area (Å²) in [6.45, 7) is 0. The van der Waals surface area contributed by atoms with Crippen LogP contribution in [0.5, 0.6) is 5.75 Å². The zero-order valence-corrected chi connectivity index (χ0v) is 15.6. The van der Waals surface area contributed by atoms with E-state index in [1.54, 1.807) is 29.8 Å². The van der Waals surface area contributed by atoms with Crippen molar-refractivity contribution in [2.45, 2.75) is 0 Å². The Hall–Kier alpha value is -1.96. The highest BCUT2D eigenvalue weighted by atomic mass is 79.9. The number of ether oxygens (including phenoxy) is 1. The molecule has 0 aliphatic rings. The van der Waals surface area contributed by atoms with Gasteiger partial charge in [-0.3, -0.25) is 0 Å². The third-order valence-corrected chi connectivity index (χ3v) is 5.20. The third kappa shape index (κ3) is 2.68. The lowest BCUT2D eigenvalue weighted by Gasteiger charge is -2.06. The molecule has 4 rings (SSSR count). The molecule has 0 atom stereocenters. The second-order valence-electron chi connectivity index (χ2n) is 4.98. The van der Waals surface area contributed by atoms with Gasteiger partial charge in [0.15, 0.2) is 5.82 Å². The quantitative estimate of drug-likeness (QED) is 0.470. The van der Waals surface area contributed by atoms with E-state index in [1.807, 2.05) is 24.3 Å². The minimum Gasteiger partial charge on any atom is -0.496 e. The van der Waals surface area contributed by atoms with Crippen molar-refractivity contribution in [1.29, 1.82) is 0 Å². The molecule has 0 aliphatic carbocycles. The summed E-state index contributed by atoms with van der Waals surface area (Å²) in [6, 6.07) is 13.4. The zero-order chi connectivity index (χ0) is 16.7. The van der Waals surface area contributed by atoms with Crippen LogP contribution in [0.2, 0.25) is 5.02 Å². The van der Waals surface area contributed by atoms with Gasteiger partial charge in [-0.15, -0.1) is 10.2 Å². The van der Waals surface area contributed by atoms with Gasteiger partial charge in [0.25, 0.3) is 0 Å². The Morgan fingerprint density at radius 3 is 2.67 bits per heavy atom. The van der Waals surface area contributed by atoms with Crippen molar-refractivity contribution in [3.63, 3.8) is 0 Å². The van der Waals surface area contributed by atoms with Gasteiger partial charge < -0.3 is 4.74 Å². The maximum atomic E-state index is 6.12. The largest absolute Gasteiger partial charge is 0.496 e. The smallest absolute Gasteiger partial charge is 0.235 e. The van der Waals surface area contributed by atoms with E-state index in [1.165, 1.54) is 11.3 Å². The number of rotatable bonds is 3. The van der Waals surface area contributed by atoms with Crippen molar-refractivity contribution < 1.29 is 4.74 Å². The molecule has 0 fully saturated rings. The fraction of sp³-hybridized carbons (Fsp3) is 0.0625. The number of nitrogens with zero attached hydrogens (tertiary/aromatic N) is 4. The summed E-state index contributed by atoms with van der Waals surface area (Å²) in [5.74, 6) is 1.27. The second kappa shape index (κ2) is 6.16. The first-order valence-corrected chi connectivity index (χ1v) is 8.96. The molecule has 0 N–H and O–H groups in total. The molecule has 2 aromatic heterocycles. The van der Waals surface area contributed by atoms with Crippen LogP contribution in [0.25, 0.3) is 26.9 Å². The Morgan fingerprint density at radius 1 is 1.12 bits per heavy atom. The number of aromatic nitrogens is 4. The van der Waals surface area contributed by atoms with Crippen LogP contribution >= 0.6 is 38.9 Å². The van der Waals surface area contributed by atoms with Crippen LogP contribution in [0.4, 0.5) is 0 Å². The van der Waals surface area contributed by atoms with Gasteiger partial charge in [-0.25, -0.2) is 0 Å². The van der Waals surface area contributed by atoms with E-state index in [0.29, 0.717) is 21.6 Å². The summed E-state index contributed by atoms with van der Waals surface area (Å²) in [4.78, 5) is 0.713. The van der Waals surface area contributed by atoms with Crippen molar-refractivity contribution in [3.05, 3.63) is 52.0 Å². The molecule has 0 amide bonds. The average Bonchev–Trinajstić information content (AvgIpc) is 3.16. The molecule has 2 heterocycles. The molecule has 0 unspecified atom stereocenters. The first-order chi connectivity index (χ1) is 11.7. The predicted molar refractivity (Wildman–Crippen MR) is 98.8 cm³/mol. The highest BCUT2D eigenvalue weighted by Gasteiger charge is 2.17. The molecule has 120 valence electrons. The van der Waals surface area contributed by atoms with Crippen LogP contribution in [-0.2, 0) is 0 Å². The molecule has 2 aromatic carbocycles. The van der Waals surface area contributed by atoms with Crippen molar-refractivity contribution in [3.8, 4) is 27.7 Å². The summed E-state index contributed by atoms with van der Waals surface area (Å²) in [5.41, 5.74) is 1.78. The van der Waals surface area contributed by atoms with Crippen molar-refractivity contribution in [2.75, 3.05) is 7.11 Å². The molecule has 4 aromatic rings. The van der Waals surface area contributed by atoms with E-state index in [2.05, 4.69) is 31.2 Å². The Kier molecular flexibility index (Phi) is 3.99. The average molecular weight is 422 g/mol. The fourth-order valence-corrected chi connectivity index (χ4v) is 3.63. The minimum absolute atomic E-state index is 0.601. The van der Waals surface area contributed by atoms with Crippen molar-refractivity contribution in [1.82, 2.24) is 19.8 Å². The maximum Gasteiger partial charge on any atom is 0.235 e. The Balaban J connectivity index is 1.86. The van der Waals surface area contributed by atoms with E-state index >= 15 is 0 Å². The number of methoxy groups -OCH3 is 1. The number of benzene rings is 2. The summed E-state index contributed by atoms with van der Waals surface area (Å²) >= 11 is 11.0. The fourth-order valence-electron chi connectivity index (χ4n) is 2.35. The Morgan fingerprint density at radius 2 is 1.92 bits per heavy atom. The van der Waals surface area contributed by atoms with E-state index in [9.17, 15) is 0 Å². The van der Waals surface area contributed by atoms with E-state index in [0.717, 1.165) is 20.6 Å². The second-order valence-corrected chi connectivity index (χ2v) is 7.28. The van der Waals surface area contributed by atoms with Gasteiger partial charge >= 0.3 is 0 Å². The van der Waals surface area contributed by atoms with E-state index < -0.39 is 0 Å². The molecular formula is C16H10BrClN4OS. The van der Waals surface area contributed by atoms with Crippen molar-refractivity contribution in [2.24, 2.45) is 0 Å². The number of fused-ring (bicyclic) bond motifs is 1. The SMILES string of the molecule is COc1ccc(Cl)cc1-c1nnc2sc(-c3ccc(Br)cc3)nn12. The highest BCUT2D eigenvalue weighted by molar-refractivity contribution is 9.10. The first-order valence-electron chi connectivity index (χ1n) is 6.98. The van der Waals surface area contributed by atoms with Crippen LogP contribution in [0.3, 0.4) is 0 Å². The molecule has 0 saturated heterocycles. The van der Waals surface area contributed by atoms with Crippen LogP contribution in [0.15, 0.2) is 46.9 Å². The molecule has 8 heteroatoms. The summed E-state index contributed by atoms with van der Waals surface area (Å²) in [7, 11) is 1.61. The van der Waals surface area contributed by atoms with Crippen molar-refractivity contribution >= 4 is 43.8 Å². The van der Waals surface area contributed by atoms with Gasteiger partial charge in [-0.1, -0.05) is 51.0 Å². The van der Waals surface area contributed by atoms with Crippen LogP contribution in [0, 0.1) is 0 Å². The monoisotopic (exact) mass is 420 g/mol. The Bertz CT molecular complexity index is 1030. The lowest BCUT2D eigenvalue weighted by Crippen LogP contribution is -1.94. The summed E-state index contributed by atoms with van der Waals surface area (Å²) in [6.07, 6.45) is 0. The highest BCUT2D eigenvalue weighted by Crippen LogP contribution is 2.34. The summed E-state index contributed by atoms with van der Waals surface area (Å²) < 4.78 is 8.15. The minimum atomic E-state index is 0.601. The normalized spacial score (nSPS) is 11.1. The molecule has 0 aliphatic heterocycles. The van der Waals surface area contributed by atoms with Gasteiger partial charge in [-0.05, 0) is 30.3 Å². The third-order valence-electron chi connectivity index (χ3n) is 3.48. The van der Waals surface area contributed by atoms with E-state index in [4.69, 9.17) is 16.3 Å². The topological polar surface area (TPSA) is 52.3 Å². The number of hydrogen-bond donors (Lipinski definition) is 0. The molecular weight excluding hydrogens is 412 g/mol. The van der Waals surface area contributed by atoms with Gasteiger partial charge in [0.05, 0.1) is 12.7 Å². The molecule has 24 heavy (non-hydrogen) atoms. The lowest BCUT2D eigenvalue weighted by molar-refractivity contribution is 0.416.